The van der Waals surface area contributed by atoms with Crippen LogP contribution in [0.4, 0.5) is 0 Å². The molecule has 0 spiro atoms. The van der Waals surface area contributed by atoms with E-state index >= 15 is 0 Å². The molecule has 16 heavy (non-hydrogen) atoms. The van der Waals surface area contributed by atoms with Crippen LogP contribution in [0.5, 0.6) is 0 Å². The highest BCUT2D eigenvalue weighted by Gasteiger charge is 1.96. The van der Waals surface area contributed by atoms with Gasteiger partial charge in [-0.15, -0.1) is 0 Å². The van der Waals surface area contributed by atoms with Gasteiger partial charge in [0.15, 0.2) is 0 Å². The summed E-state index contributed by atoms with van der Waals surface area (Å²) in [5.41, 5.74) is 3.21. The summed E-state index contributed by atoms with van der Waals surface area (Å²) in [7, 11) is 0. The van der Waals surface area contributed by atoms with Crippen LogP contribution in [0.3, 0.4) is 0 Å². The Balaban J connectivity index is 1.97. The first-order chi connectivity index (χ1) is 7.88. The van der Waals surface area contributed by atoms with E-state index in [0.717, 1.165) is 24.7 Å². The lowest BCUT2D eigenvalue weighted by atomic mass is 10.0. The number of aryl methyl sites for hydroxylation is 2. The zero-order valence-corrected chi connectivity index (χ0v) is 8.97. The van der Waals surface area contributed by atoms with Crippen molar-refractivity contribution in [3.05, 3.63) is 65.5 Å². The maximum atomic E-state index is 10.5. The normalized spacial score (nSPS) is 10.0. The molecule has 0 aliphatic rings. The summed E-state index contributed by atoms with van der Waals surface area (Å²) >= 11 is 0. The van der Waals surface area contributed by atoms with Gasteiger partial charge in [0.05, 0.1) is 0 Å². The number of nitrogens with zero attached hydrogens (tertiary/aromatic N) is 1. The predicted octanol–water partition coefficient (Wildman–Crippen LogP) is 2.68. The van der Waals surface area contributed by atoms with Crippen molar-refractivity contribution in [1.29, 1.82) is 0 Å². The Labute approximate surface area is 95.0 Å². The molecule has 0 unspecified atom stereocenters. The first kappa shape index (κ1) is 10.6. The largest absolute Gasteiger partial charge is 0.298 e. The van der Waals surface area contributed by atoms with Gasteiger partial charge in [-0.05, 0) is 30.0 Å². The van der Waals surface area contributed by atoms with Gasteiger partial charge in [0, 0.05) is 18.0 Å². The van der Waals surface area contributed by atoms with Gasteiger partial charge in [-0.3, -0.25) is 9.78 Å². The molecule has 2 rings (SSSR count). The van der Waals surface area contributed by atoms with E-state index in [1.165, 1.54) is 11.1 Å². The van der Waals surface area contributed by atoms with Gasteiger partial charge in [0.2, 0.25) is 0 Å². The third-order valence-electron chi connectivity index (χ3n) is 2.54. The topological polar surface area (TPSA) is 30.0 Å². The van der Waals surface area contributed by atoms with E-state index in [1.807, 2.05) is 36.5 Å². The highest BCUT2D eigenvalue weighted by Crippen LogP contribution is 2.07. The van der Waals surface area contributed by atoms with Crippen LogP contribution in [0.2, 0.25) is 0 Å². The van der Waals surface area contributed by atoms with E-state index in [0.29, 0.717) is 0 Å². The van der Waals surface area contributed by atoms with Crippen molar-refractivity contribution < 1.29 is 4.79 Å². The molecule has 2 aromatic rings. The minimum atomic E-state index is 0.727. The number of carbonyl (C=O) groups excluding carboxylic acids is 1. The van der Waals surface area contributed by atoms with Crippen LogP contribution in [0.25, 0.3) is 0 Å². The molecule has 0 radical (unpaired) electrons. The van der Waals surface area contributed by atoms with E-state index in [9.17, 15) is 4.79 Å². The van der Waals surface area contributed by atoms with Gasteiger partial charge in [0.25, 0.3) is 0 Å². The van der Waals surface area contributed by atoms with E-state index in [4.69, 9.17) is 0 Å². The number of aldehydes is 1. The third kappa shape index (κ3) is 2.76. The lowest BCUT2D eigenvalue weighted by Gasteiger charge is -2.01. The quantitative estimate of drug-likeness (QED) is 0.728. The second-order valence-electron chi connectivity index (χ2n) is 3.72. The Kier molecular flexibility index (Phi) is 3.44. The second kappa shape index (κ2) is 5.21. The molecule has 1 aromatic heterocycles. The minimum absolute atomic E-state index is 0.727. The first-order valence-electron chi connectivity index (χ1n) is 5.31. The molecular weight excluding hydrogens is 198 g/mol. The summed E-state index contributed by atoms with van der Waals surface area (Å²) in [5.74, 6) is 0. The number of carbonyl (C=O) groups is 1. The van der Waals surface area contributed by atoms with Gasteiger partial charge in [-0.25, -0.2) is 0 Å². The average Bonchev–Trinajstić information content (AvgIpc) is 2.38. The number of rotatable bonds is 4. The fraction of sp³-hybridized carbons (Fsp3) is 0.143. The minimum Gasteiger partial charge on any atom is -0.298 e. The lowest BCUT2D eigenvalue weighted by Crippen LogP contribution is -1.92. The van der Waals surface area contributed by atoms with Gasteiger partial charge in [-0.1, -0.05) is 30.3 Å². The summed E-state index contributed by atoms with van der Waals surface area (Å²) in [5, 5.41) is 0. The Bertz CT molecular complexity index is 448. The maximum absolute atomic E-state index is 10.5. The monoisotopic (exact) mass is 211 g/mol. The van der Waals surface area contributed by atoms with Crippen LogP contribution in [-0.2, 0) is 12.8 Å². The van der Waals surface area contributed by atoms with E-state index in [-0.39, 0.29) is 0 Å². The van der Waals surface area contributed by atoms with Crippen molar-refractivity contribution in [2.75, 3.05) is 0 Å². The van der Waals surface area contributed by atoms with Gasteiger partial charge < -0.3 is 0 Å². The summed E-state index contributed by atoms with van der Waals surface area (Å²) < 4.78 is 0. The van der Waals surface area contributed by atoms with Crippen LogP contribution in [-0.4, -0.2) is 11.3 Å². The molecule has 0 saturated heterocycles. The smallest absolute Gasteiger partial charge is 0.150 e. The Morgan fingerprint density at radius 1 is 1.00 bits per heavy atom. The molecular formula is C14H13NO. The van der Waals surface area contributed by atoms with Crippen LogP contribution < -0.4 is 0 Å². The molecule has 0 aliphatic heterocycles. The Morgan fingerprint density at radius 3 is 2.38 bits per heavy atom. The fourth-order valence-electron chi connectivity index (χ4n) is 1.60. The molecule has 1 aromatic carbocycles. The molecule has 2 heteroatoms. The number of aromatic nitrogens is 1. The first-order valence-corrected chi connectivity index (χ1v) is 5.31. The Hall–Kier alpha value is -1.96. The fourth-order valence-corrected chi connectivity index (χ4v) is 1.60. The third-order valence-corrected chi connectivity index (χ3v) is 2.54. The lowest BCUT2D eigenvalue weighted by molar-refractivity contribution is 0.112. The van der Waals surface area contributed by atoms with E-state index in [2.05, 4.69) is 11.1 Å². The maximum Gasteiger partial charge on any atom is 0.150 e. The van der Waals surface area contributed by atoms with E-state index in [1.54, 1.807) is 6.20 Å². The van der Waals surface area contributed by atoms with Gasteiger partial charge >= 0.3 is 0 Å². The molecule has 2 nitrogen and oxygen atoms in total. The van der Waals surface area contributed by atoms with Crippen LogP contribution in [0.15, 0.2) is 48.8 Å². The van der Waals surface area contributed by atoms with Crippen molar-refractivity contribution in [3.63, 3.8) is 0 Å². The van der Waals surface area contributed by atoms with Crippen LogP contribution in [0.1, 0.15) is 21.5 Å². The van der Waals surface area contributed by atoms with Crippen molar-refractivity contribution in [3.8, 4) is 0 Å². The number of hydrogen-bond donors (Lipinski definition) is 0. The molecule has 0 aliphatic carbocycles. The standard InChI is InChI=1S/C14H13NO/c16-11-14-7-4-12(5-8-14)3-6-13-2-1-9-15-10-13/h1-2,4-5,7-11H,3,6H2. The van der Waals surface area contributed by atoms with Gasteiger partial charge in [0.1, 0.15) is 6.29 Å². The van der Waals surface area contributed by atoms with Crippen molar-refractivity contribution in [2.45, 2.75) is 12.8 Å². The number of pyridine rings is 1. The molecule has 0 N–H and O–H groups in total. The zero-order chi connectivity index (χ0) is 11.2. The second-order valence-corrected chi connectivity index (χ2v) is 3.72. The zero-order valence-electron chi connectivity index (χ0n) is 8.97. The predicted molar refractivity (Wildman–Crippen MR) is 63.5 cm³/mol. The van der Waals surface area contributed by atoms with Crippen LogP contribution in [0, 0.1) is 0 Å². The molecule has 0 amide bonds. The van der Waals surface area contributed by atoms with E-state index < -0.39 is 0 Å². The summed E-state index contributed by atoms with van der Waals surface area (Å²) in [4.78, 5) is 14.6. The van der Waals surface area contributed by atoms with Crippen LogP contribution >= 0.6 is 0 Å². The highest BCUT2D eigenvalue weighted by molar-refractivity contribution is 5.74. The molecule has 0 saturated carbocycles. The van der Waals surface area contributed by atoms with Crippen molar-refractivity contribution >= 4 is 6.29 Å². The molecule has 1 heterocycles. The molecule has 0 fully saturated rings. The van der Waals surface area contributed by atoms with Gasteiger partial charge in [-0.2, -0.15) is 0 Å². The Morgan fingerprint density at radius 2 is 1.75 bits per heavy atom. The number of benzene rings is 1. The molecule has 0 atom stereocenters. The highest BCUT2D eigenvalue weighted by atomic mass is 16.1. The van der Waals surface area contributed by atoms with Crippen molar-refractivity contribution in [2.24, 2.45) is 0 Å². The van der Waals surface area contributed by atoms with Crippen molar-refractivity contribution in [1.82, 2.24) is 4.98 Å². The average molecular weight is 211 g/mol. The SMILES string of the molecule is O=Cc1ccc(CCc2cccnc2)cc1. The summed E-state index contributed by atoms with van der Waals surface area (Å²) in [6.07, 6.45) is 6.49. The summed E-state index contributed by atoms with van der Waals surface area (Å²) in [6.45, 7) is 0. The molecule has 0 bridgehead atoms. The summed E-state index contributed by atoms with van der Waals surface area (Å²) in [6, 6.07) is 11.7. The molecule has 80 valence electrons. The number of hydrogen-bond acceptors (Lipinski definition) is 2.